The molecule has 0 radical (unpaired) electrons. The maximum absolute atomic E-state index is 11.6. The molecule has 3 saturated carbocycles. The Kier molecular flexibility index (Phi) is 9.66. The van der Waals surface area contributed by atoms with Gasteiger partial charge < -0.3 is 10.2 Å². The number of hydrogen-bond acceptors (Lipinski definition) is 2. The molecule has 3 aliphatic rings. The summed E-state index contributed by atoms with van der Waals surface area (Å²) in [5.74, 6) is 1.50. The summed E-state index contributed by atoms with van der Waals surface area (Å²) in [7, 11) is 0. The number of aliphatic hydroxyl groups excluding tert-OH is 1. The van der Waals surface area contributed by atoms with Crippen molar-refractivity contribution in [2.24, 2.45) is 40.9 Å². The smallest absolute Gasteiger partial charge is 0.331 e. The lowest BCUT2D eigenvalue weighted by atomic mass is 9.60. The number of carboxylic acid groups (broad SMARTS) is 1. The van der Waals surface area contributed by atoms with Crippen LogP contribution in [0.15, 0.2) is 60.3 Å². The SMILES string of the molecule is C=C[C@H](CC[C@@H](CC(C)C)C(=C)C(=O)O)[C@H]1CCC2/C(=C/C=C3/CC[C@H](C)[C@H](O)C3=C)CCC[C@@]21C. The highest BCUT2D eigenvalue weighted by molar-refractivity contribution is 5.86. The number of hydrogen-bond donors (Lipinski definition) is 2. The minimum Gasteiger partial charge on any atom is -0.478 e. The van der Waals surface area contributed by atoms with Crippen LogP contribution < -0.4 is 0 Å². The molecule has 7 atom stereocenters. The van der Waals surface area contributed by atoms with E-state index in [-0.39, 0.29) is 11.3 Å². The van der Waals surface area contributed by atoms with Crippen molar-refractivity contribution in [1.82, 2.24) is 0 Å². The van der Waals surface area contributed by atoms with Gasteiger partial charge in [-0.25, -0.2) is 4.79 Å². The van der Waals surface area contributed by atoms with Crippen LogP contribution in [-0.2, 0) is 4.79 Å². The summed E-state index contributed by atoms with van der Waals surface area (Å²) < 4.78 is 0. The second-order valence-corrected chi connectivity index (χ2v) is 12.6. The van der Waals surface area contributed by atoms with Gasteiger partial charge in [0.15, 0.2) is 0 Å². The van der Waals surface area contributed by atoms with Crippen LogP contribution in [0.5, 0.6) is 0 Å². The molecule has 3 fully saturated rings. The molecule has 3 rings (SSSR count). The highest BCUT2D eigenvalue weighted by atomic mass is 16.4. The van der Waals surface area contributed by atoms with Gasteiger partial charge >= 0.3 is 5.97 Å². The minimum atomic E-state index is -0.859. The monoisotopic (exact) mass is 494 g/mol. The molecule has 0 spiro atoms. The molecule has 0 heterocycles. The van der Waals surface area contributed by atoms with E-state index in [0.717, 1.165) is 44.1 Å². The van der Waals surface area contributed by atoms with Gasteiger partial charge in [-0.2, -0.15) is 0 Å². The Morgan fingerprint density at radius 2 is 1.89 bits per heavy atom. The van der Waals surface area contributed by atoms with Crippen molar-refractivity contribution in [2.45, 2.75) is 98.0 Å². The molecule has 36 heavy (non-hydrogen) atoms. The van der Waals surface area contributed by atoms with Crippen molar-refractivity contribution >= 4 is 5.97 Å². The molecule has 0 aromatic rings. The van der Waals surface area contributed by atoms with Gasteiger partial charge in [0.1, 0.15) is 0 Å². The van der Waals surface area contributed by atoms with E-state index in [4.69, 9.17) is 0 Å². The first-order chi connectivity index (χ1) is 17.0. The lowest BCUT2D eigenvalue weighted by Crippen LogP contribution is -2.36. The fourth-order valence-electron chi connectivity index (χ4n) is 7.67. The fraction of sp³-hybridized carbons (Fsp3) is 0.667. The first kappa shape index (κ1) is 28.7. The number of aliphatic hydroxyl groups is 1. The summed E-state index contributed by atoms with van der Waals surface area (Å²) in [5, 5.41) is 20.0. The number of fused-ring (bicyclic) bond motifs is 1. The Labute approximate surface area is 220 Å². The predicted octanol–water partition coefficient (Wildman–Crippen LogP) is 8.29. The van der Waals surface area contributed by atoms with Crippen molar-refractivity contribution < 1.29 is 15.0 Å². The van der Waals surface area contributed by atoms with Gasteiger partial charge in [0.2, 0.25) is 0 Å². The molecule has 0 bridgehead atoms. The van der Waals surface area contributed by atoms with Crippen LogP contribution in [0.2, 0.25) is 0 Å². The van der Waals surface area contributed by atoms with E-state index in [2.05, 4.69) is 65.7 Å². The normalized spacial score (nSPS) is 34.6. The lowest BCUT2D eigenvalue weighted by Gasteiger charge is -2.44. The Morgan fingerprint density at radius 3 is 2.53 bits per heavy atom. The minimum absolute atomic E-state index is 0.0325. The molecule has 3 aliphatic carbocycles. The zero-order valence-electron chi connectivity index (χ0n) is 23.3. The molecule has 1 unspecified atom stereocenters. The number of allylic oxidation sites excluding steroid dienone is 4. The van der Waals surface area contributed by atoms with Crippen molar-refractivity contribution in [1.29, 1.82) is 0 Å². The second kappa shape index (κ2) is 12.1. The van der Waals surface area contributed by atoms with Crippen LogP contribution in [0.1, 0.15) is 91.9 Å². The molecule has 2 N–H and O–H groups in total. The molecule has 0 saturated heterocycles. The van der Waals surface area contributed by atoms with E-state index >= 15 is 0 Å². The number of carbonyl (C=O) groups is 1. The quantitative estimate of drug-likeness (QED) is 0.237. The first-order valence-corrected chi connectivity index (χ1v) is 14.3. The molecular weight excluding hydrogens is 444 g/mol. The third kappa shape index (κ3) is 6.15. The van der Waals surface area contributed by atoms with Crippen LogP contribution in [0, 0.1) is 40.9 Å². The molecule has 0 aromatic heterocycles. The summed E-state index contributed by atoms with van der Waals surface area (Å²) in [6.45, 7) is 21.3. The van der Waals surface area contributed by atoms with Gasteiger partial charge in [-0.15, -0.1) is 6.58 Å². The maximum Gasteiger partial charge on any atom is 0.331 e. The van der Waals surface area contributed by atoms with Crippen LogP contribution in [0.25, 0.3) is 0 Å². The van der Waals surface area contributed by atoms with E-state index < -0.39 is 12.1 Å². The Bertz CT molecular complexity index is 906. The molecule has 0 aromatic carbocycles. The van der Waals surface area contributed by atoms with Gasteiger partial charge in [-0.05, 0) is 116 Å². The third-order valence-corrected chi connectivity index (χ3v) is 9.91. The summed E-state index contributed by atoms with van der Waals surface area (Å²) in [5.41, 5.74) is 4.31. The molecule has 200 valence electrons. The summed E-state index contributed by atoms with van der Waals surface area (Å²) >= 11 is 0. The predicted molar refractivity (Wildman–Crippen MR) is 151 cm³/mol. The maximum atomic E-state index is 11.6. The molecule has 3 nitrogen and oxygen atoms in total. The number of aliphatic carboxylic acids is 1. The van der Waals surface area contributed by atoms with Gasteiger partial charge in [0, 0.05) is 5.57 Å². The molecule has 0 aliphatic heterocycles. The summed E-state index contributed by atoms with van der Waals surface area (Å²) in [4.78, 5) is 11.6. The molecular formula is C33H50O3. The van der Waals surface area contributed by atoms with Crippen molar-refractivity contribution in [3.8, 4) is 0 Å². The lowest BCUT2D eigenvalue weighted by molar-refractivity contribution is -0.133. The zero-order valence-corrected chi connectivity index (χ0v) is 23.3. The van der Waals surface area contributed by atoms with E-state index in [0.29, 0.717) is 35.2 Å². The van der Waals surface area contributed by atoms with Crippen molar-refractivity contribution in [3.05, 3.63) is 60.3 Å². The highest BCUT2D eigenvalue weighted by Crippen LogP contribution is 2.60. The summed E-state index contributed by atoms with van der Waals surface area (Å²) in [6, 6.07) is 0. The highest BCUT2D eigenvalue weighted by Gasteiger charge is 2.51. The topological polar surface area (TPSA) is 57.5 Å². The van der Waals surface area contributed by atoms with E-state index in [1.54, 1.807) is 5.57 Å². The van der Waals surface area contributed by atoms with Gasteiger partial charge in [0.25, 0.3) is 0 Å². The van der Waals surface area contributed by atoms with Crippen LogP contribution >= 0.6 is 0 Å². The first-order valence-electron chi connectivity index (χ1n) is 14.3. The van der Waals surface area contributed by atoms with Crippen molar-refractivity contribution in [3.63, 3.8) is 0 Å². The second-order valence-electron chi connectivity index (χ2n) is 12.6. The van der Waals surface area contributed by atoms with Gasteiger partial charge in [-0.1, -0.05) is 64.7 Å². The van der Waals surface area contributed by atoms with Gasteiger partial charge in [0.05, 0.1) is 6.10 Å². The fourth-order valence-corrected chi connectivity index (χ4v) is 7.67. The number of rotatable bonds is 10. The van der Waals surface area contributed by atoms with Crippen LogP contribution in [0.4, 0.5) is 0 Å². The Hall–Kier alpha value is -1.87. The van der Waals surface area contributed by atoms with E-state index in [1.165, 1.54) is 31.3 Å². The van der Waals surface area contributed by atoms with Crippen molar-refractivity contribution in [2.75, 3.05) is 0 Å². The van der Waals surface area contributed by atoms with Gasteiger partial charge in [-0.3, -0.25) is 0 Å². The number of carboxylic acids is 1. The van der Waals surface area contributed by atoms with E-state index in [9.17, 15) is 15.0 Å². The largest absolute Gasteiger partial charge is 0.478 e. The standard InChI is InChI=1S/C33H50O3/c1-8-25(13-16-28(20-21(2)3)24(6)32(35)36)29-17-18-30-27(10-9-19-33(29,30)7)15-14-26-12-11-22(4)31(34)23(26)5/h8,14-15,21-22,25,28-31,34H,1,5-6,9-13,16-20H2,2-4,7H3,(H,35,36)/b26-14-,27-15+/t22-,25+,28-,29+,30?,31-,33+/m0/s1. The third-order valence-electron chi connectivity index (χ3n) is 9.91. The van der Waals surface area contributed by atoms with E-state index in [1.807, 2.05) is 0 Å². The molecule has 3 heteroatoms. The Morgan fingerprint density at radius 1 is 1.17 bits per heavy atom. The zero-order chi connectivity index (χ0) is 26.6. The summed E-state index contributed by atoms with van der Waals surface area (Å²) in [6.07, 6.45) is 17.2. The average molecular weight is 495 g/mol. The Balaban J connectivity index is 1.74. The average Bonchev–Trinajstić information content (AvgIpc) is 3.18. The van der Waals surface area contributed by atoms with Crippen LogP contribution in [0.3, 0.4) is 0 Å². The van der Waals surface area contributed by atoms with Crippen LogP contribution in [-0.4, -0.2) is 22.3 Å². The molecule has 0 amide bonds.